The molecule has 0 aliphatic carbocycles. The van der Waals surface area contributed by atoms with Crippen LogP contribution in [0.25, 0.3) is 12.2 Å². The number of carbonyl (C=O) groups excluding carboxylic acids is 1. The molecule has 0 amide bonds. The molecule has 0 bridgehead atoms. The Morgan fingerprint density at radius 2 is 1.79 bits per heavy atom. The highest BCUT2D eigenvalue weighted by Crippen LogP contribution is 2.26. The Morgan fingerprint density at radius 3 is 2.42 bits per heavy atom. The Hall–Kier alpha value is -3.71. The predicted octanol–water partition coefficient (Wildman–Crippen LogP) is 3.14. The van der Waals surface area contributed by atoms with Gasteiger partial charge in [-0.2, -0.15) is 0 Å². The summed E-state index contributed by atoms with van der Waals surface area (Å²) in [5, 5.41) is 0. The molecular formula is C26H25N3O3S. The predicted molar refractivity (Wildman–Crippen MR) is 133 cm³/mol. The molecule has 0 fully saturated rings. The van der Waals surface area contributed by atoms with Crippen molar-refractivity contribution in [1.29, 1.82) is 0 Å². The number of methoxy groups -OCH3 is 1. The molecule has 3 aromatic rings. The maximum Gasteiger partial charge on any atom is 0.338 e. The van der Waals surface area contributed by atoms with Gasteiger partial charge in [0.15, 0.2) is 4.80 Å². The van der Waals surface area contributed by atoms with Crippen LogP contribution >= 0.6 is 11.3 Å². The number of carbonyl (C=O) groups is 1. The van der Waals surface area contributed by atoms with Gasteiger partial charge in [0.25, 0.3) is 5.56 Å². The van der Waals surface area contributed by atoms with Crippen LogP contribution in [0.4, 0.5) is 5.69 Å². The molecule has 6 nitrogen and oxygen atoms in total. The third-order valence-corrected chi connectivity index (χ3v) is 6.43. The van der Waals surface area contributed by atoms with E-state index in [1.54, 1.807) is 11.5 Å². The van der Waals surface area contributed by atoms with Crippen LogP contribution in [0, 0.1) is 0 Å². The van der Waals surface area contributed by atoms with Crippen molar-refractivity contribution < 1.29 is 9.53 Å². The Kier molecular flexibility index (Phi) is 6.42. The molecular weight excluding hydrogens is 434 g/mol. The third kappa shape index (κ3) is 4.59. The van der Waals surface area contributed by atoms with Gasteiger partial charge in [0, 0.05) is 19.8 Å². The second kappa shape index (κ2) is 9.42. The lowest BCUT2D eigenvalue weighted by molar-refractivity contribution is -0.136. The van der Waals surface area contributed by atoms with E-state index in [0.29, 0.717) is 20.6 Å². The zero-order valence-electron chi connectivity index (χ0n) is 19.0. The summed E-state index contributed by atoms with van der Waals surface area (Å²) in [6, 6.07) is 17.1. The van der Waals surface area contributed by atoms with Crippen molar-refractivity contribution in [3.05, 3.63) is 103 Å². The standard InChI is InChI=1S/C26H25N3O3S/c1-17-23(25(31)32-4)21(15-12-18-8-6-5-7-9-18)29-24(30)22(33-26(29)27-17)16-19-10-13-20(14-11-19)28(2)3/h5-16,21H,1-4H3. The average Bonchev–Trinajstić information content (AvgIpc) is 3.12. The first-order valence-corrected chi connectivity index (χ1v) is 11.3. The largest absolute Gasteiger partial charge is 0.466 e. The van der Waals surface area contributed by atoms with Crippen molar-refractivity contribution in [3.63, 3.8) is 0 Å². The van der Waals surface area contributed by atoms with E-state index in [0.717, 1.165) is 16.8 Å². The molecule has 0 saturated carbocycles. The number of allylic oxidation sites excluding steroid dienone is 2. The van der Waals surface area contributed by atoms with Crippen molar-refractivity contribution in [3.8, 4) is 0 Å². The summed E-state index contributed by atoms with van der Waals surface area (Å²) in [5.74, 6) is -0.493. The number of aromatic nitrogens is 1. The van der Waals surface area contributed by atoms with Crippen molar-refractivity contribution >= 4 is 35.1 Å². The summed E-state index contributed by atoms with van der Waals surface area (Å²) in [5.41, 5.74) is 3.70. The molecule has 2 aromatic carbocycles. The van der Waals surface area contributed by atoms with Gasteiger partial charge in [-0.3, -0.25) is 9.36 Å². The fourth-order valence-corrected chi connectivity index (χ4v) is 4.76. The average molecular weight is 460 g/mol. The van der Waals surface area contributed by atoms with Gasteiger partial charge in [0.05, 0.1) is 29.0 Å². The molecule has 33 heavy (non-hydrogen) atoms. The van der Waals surface area contributed by atoms with Crippen LogP contribution in [-0.2, 0) is 9.53 Å². The first-order valence-electron chi connectivity index (χ1n) is 10.5. The van der Waals surface area contributed by atoms with Gasteiger partial charge in [0.2, 0.25) is 0 Å². The molecule has 1 aromatic heterocycles. The third-order valence-electron chi connectivity index (χ3n) is 5.45. The van der Waals surface area contributed by atoms with E-state index in [1.165, 1.54) is 18.4 Å². The molecule has 0 N–H and O–H groups in total. The van der Waals surface area contributed by atoms with Crippen LogP contribution in [0.15, 0.2) is 81.7 Å². The summed E-state index contributed by atoms with van der Waals surface area (Å²) in [4.78, 5) is 33.2. The minimum absolute atomic E-state index is 0.188. The van der Waals surface area contributed by atoms with E-state index in [1.807, 2.05) is 91.8 Å². The second-order valence-corrected chi connectivity index (χ2v) is 8.88. The van der Waals surface area contributed by atoms with Gasteiger partial charge in [-0.25, -0.2) is 9.79 Å². The number of ether oxygens (including phenoxy) is 1. The minimum Gasteiger partial charge on any atom is -0.466 e. The monoisotopic (exact) mass is 459 g/mol. The molecule has 168 valence electrons. The lowest BCUT2D eigenvalue weighted by Crippen LogP contribution is -2.38. The highest BCUT2D eigenvalue weighted by Gasteiger charge is 2.30. The number of hydrogen-bond acceptors (Lipinski definition) is 6. The van der Waals surface area contributed by atoms with Crippen molar-refractivity contribution in [2.75, 3.05) is 26.1 Å². The van der Waals surface area contributed by atoms with Gasteiger partial charge in [-0.1, -0.05) is 66.0 Å². The van der Waals surface area contributed by atoms with Gasteiger partial charge in [-0.15, -0.1) is 0 Å². The number of nitrogens with zero attached hydrogens (tertiary/aromatic N) is 3. The van der Waals surface area contributed by atoms with Crippen LogP contribution in [0.1, 0.15) is 24.1 Å². The number of fused-ring (bicyclic) bond motifs is 1. The summed E-state index contributed by atoms with van der Waals surface area (Å²) in [6.45, 7) is 1.77. The van der Waals surface area contributed by atoms with E-state index in [4.69, 9.17) is 4.74 Å². The van der Waals surface area contributed by atoms with Crippen molar-refractivity contribution in [1.82, 2.24) is 4.57 Å². The highest BCUT2D eigenvalue weighted by molar-refractivity contribution is 7.07. The smallest absolute Gasteiger partial charge is 0.338 e. The van der Waals surface area contributed by atoms with E-state index >= 15 is 0 Å². The number of rotatable bonds is 5. The maximum absolute atomic E-state index is 13.4. The second-order valence-electron chi connectivity index (χ2n) is 7.87. The van der Waals surface area contributed by atoms with Crippen molar-refractivity contribution in [2.24, 2.45) is 4.99 Å². The molecule has 2 heterocycles. The Morgan fingerprint density at radius 1 is 1.09 bits per heavy atom. The Bertz CT molecular complexity index is 1410. The van der Waals surface area contributed by atoms with Crippen LogP contribution in [-0.4, -0.2) is 31.7 Å². The maximum atomic E-state index is 13.4. The first kappa shape index (κ1) is 22.5. The number of esters is 1. The van der Waals surface area contributed by atoms with Crippen LogP contribution in [0.2, 0.25) is 0 Å². The quantitative estimate of drug-likeness (QED) is 0.550. The molecule has 1 aliphatic rings. The van der Waals surface area contributed by atoms with Crippen LogP contribution in [0.3, 0.4) is 0 Å². The highest BCUT2D eigenvalue weighted by atomic mass is 32.1. The molecule has 1 atom stereocenters. The van der Waals surface area contributed by atoms with E-state index in [9.17, 15) is 9.59 Å². The summed E-state index contributed by atoms with van der Waals surface area (Å²) in [6.07, 6.45) is 5.62. The van der Waals surface area contributed by atoms with Gasteiger partial charge < -0.3 is 9.64 Å². The molecule has 0 radical (unpaired) electrons. The minimum atomic E-state index is -0.604. The normalized spacial score (nSPS) is 16.0. The number of anilines is 1. The lowest BCUT2D eigenvalue weighted by atomic mass is 10.0. The Labute approximate surface area is 196 Å². The number of thiazole rings is 1. The summed E-state index contributed by atoms with van der Waals surface area (Å²) >= 11 is 1.32. The number of hydrogen-bond donors (Lipinski definition) is 0. The van der Waals surface area contributed by atoms with Gasteiger partial charge in [0.1, 0.15) is 0 Å². The number of benzene rings is 2. The molecule has 7 heteroatoms. The topological polar surface area (TPSA) is 63.9 Å². The lowest BCUT2D eigenvalue weighted by Gasteiger charge is -2.21. The first-order chi connectivity index (χ1) is 15.9. The van der Waals surface area contributed by atoms with Gasteiger partial charge >= 0.3 is 5.97 Å². The molecule has 1 unspecified atom stereocenters. The summed E-state index contributed by atoms with van der Waals surface area (Å²) in [7, 11) is 5.30. The fourth-order valence-electron chi connectivity index (χ4n) is 3.70. The SMILES string of the molecule is COC(=O)C1=C(C)N=c2sc(=Cc3ccc(N(C)C)cc3)c(=O)n2C1C=Cc1ccccc1. The Balaban J connectivity index is 1.84. The van der Waals surface area contributed by atoms with E-state index in [2.05, 4.69) is 4.99 Å². The fraction of sp³-hybridized carbons (Fsp3) is 0.192. The zero-order chi connectivity index (χ0) is 23.5. The molecule has 4 rings (SSSR count). The molecule has 0 spiro atoms. The van der Waals surface area contributed by atoms with Crippen molar-refractivity contribution in [2.45, 2.75) is 13.0 Å². The molecule has 0 saturated heterocycles. The van der Waals surface area contributed by atoms with E-state index in [-0.39, 0.29) is 5.56 Å². The zero-order valence-corrected chi connectivity index (χ0v) is 19.8. The van der Waals surface area contributed by atoms with Crippen LogP contribution < -0.4 is 19.8 Å². The van der Waals surface area contributed by atoms with Gasteiger partial charge in [-0.05, 0) is 36.3 Å². The van der Waals surface area contributed by atoms with E-state index < -0.39 is 12.0 Å². The molecule has 1 aliphatic heterocycles. The summed E-state index contributed by atoms with van der Waals surface area (Å²) < 4.78 is 7.15. The van der Waals surface area contributed by atoms with Crippen LogP contribution in [0.5, 0.6) is 0 Å².